The highest BCUT2D eigenvalue weighted by Gasteiger charge is 2.21. The van der Waals surface area contributed by atoms with Gasteiger partial charge in [-0.05, 0) is 43.2 Å². The van der Waals surface area contributed by atoms with Crippen LogP contribution >= 0.6 is 0 Å². The number of hydrogen-bond acceptors (Lipinski definition) is 2. The van der Waals surface area contributed by atoms with Crippen molar-refractivity contribution in [3.8, 4) is 0 Å². The predicted molar refractivity (Wildman–Crippen MR) is 77.2 cm³/mol. The van der Waals surface area contributed by atoms with E-state index < -0.39 is 0 Å². The number of anilines is 1. The van der Waals surface area contributed by atoms with Crippen molar-refractivity contribution in [2.24, 2.45) is 0 Å². The van der Waals surface area contributed by atoms with E-state index in [9.17, 15) is 0 Å². The molecule has 0 unspecified atom stereocenters. The smallest absolute Gasteiger partial charge is 0.0572 e. The second-order valence-corrected chi connectivity index (χ2v) is 5.60. The normalized spacial score (nSPS) is 24.2. The molecule has 1 N–H and O–H groups in total. The molecule has 1 aromatic carbocycles. The molecule has 2 nitrogen and oxygen atoms in total. The van der Waals surface area contributed by atoms with Gasteiger partial charge in [-0.1, -0.05) is 32.0 Å². The Kier molecular flexibility index (Phi) is 4.65. The Morgan fingerprint density at radius 2 is 1.78 bits per heavy atom. The van der Waals surface area contributed by atoms with Crippen molar-refractivity contribution in [2.75, 3.05) is 12.4 Å². The molecular formula is C16H25NO. The first-order valence-corrected chi connectivity index (χ1v) is 7.09. The average molecular weight is 247 g/mol. The first-order chi connectivity index (χ1) is 8.70. The van der Waals surface area contributed by atoms with Crippen LogP contribution in [0.2, 0.25) is 0 Å². The molecule has 0 spiro atoms. The van der Waals surface area contributed by atoms with Crippen LogP contribution in [0.3, 0.4) is 0 Å². The Balaban J connectivity index is 1.98. The van der Waals surface area contributed by atoms with E-state index in [-0.39, 0.29) is 0 Å². The van der Waals surface area contributed by atoms with Gasteiger partial charge >= 0.3 is 0 Å². The number of para-hydroxylation sites is 1. The molecule has 0 radical (unpaired) electrons. The molecule has 0 saturated heterocycles. The molecule has 1 aliphatic rings. The minimum absolute atomic E-state index is 0.475. The van der Waals surface area contributed by atoms with Gasteiger partial charge in [0.05, 0.1) is 6.10 Å². The predicted octanol–water partition coefficient (Wildman–Crippen LogP) is 4.18. The summed E-state index contributed by atoms with van der Waals surface area (Å²) in [5, 5.41) is 3.72. The van der Waals surface area contributed by atoms with Gasteiger partial charge in [-0.15, -0.1) is 0 Å². The fourth-order valence-corrected chi connectivity index (χ4v) is 2.79. The Bertz CT molecular complexity index is 367. The zero-order valence-corrected chi connectivity index (χ0v) is 11.8. The highest BCUT2D eigenvalue weighted by atomic mass is 16.5. The molecule has 0 bridgehead atoms. The summed E-state index contributed by atoms with van der Waals surface area (Å²) in [5.41, 5.74) is 2.74. The fourth-order valence-electron chi connectivity index (χ4n) is 2.79. The summed E-state index contributed by atoms with van der Waals surface area (Å²) in [6, 6.07) is 9.29. The Morgan fingerprint density at radius 1 is 1.11 bits per heavy atom. The van der Waals surface area contributed by atoms with Crippen LogP contribution in [0.1, 0.15) is 51.0 Å². The van der Waals surface area contributed by atoms with E-state index in [0.717, 1.165) is 0 Å². The number of methoxy groups -OCH3 is 1. The first kappa shape index (κ1) is 13.4. The van der Waals surface area contributed by atoms with E-state index >= 15 is 0 Å². The van der Waals surface area contributed by atoms with Gasteiger partial charge < -0.3 is 10.1 Å². The fraction of sp³-hybridized carbons (Fsp3) is 0.625. The standard InChI is InChI=1S/C16H25NO/c1-12(2)15-6-4-5-7-16(15)17-13-8-10-14(18-3)11-9-13/h4-7,12-14,17H,8-11H2,1-3H3. The molecule has 2 rings (SSSR count). The minimum atomic E-state index is 0.475. The van der Waals surface area contributed by atoms with Crippen molar-refractivity contribution in [2.45, 2.75) is 57.6 Å². The van der Waals surface area contributed by atoms with Gasteiger partial charge in [0, 0.05) is 18.8 Å². The van der Waals surface area contributed by atoms with Crippen LogP contribution in [-0.4, -0.2) is 19.3 Å². The van der Waals surface area contributed by atoms with Crippen LogP contribution in [0.4, 0.5) is 5.69 Å². The second kappa shape index (κ2) is 6.24. The molecule has 1 saturated carbocycles. The summed E-state index contributed by atoms with van der Waals surface area (Å²) in [7, 11) is 1.83. The number of ether oxygens (including phenoxy) is 1. The van der Waals surface area contributed by atoms with Gasteiger partial charge in [-0.25, -0.2) is 0 Å². The first-order valence-electron chi connectivity index (χ1n) is 7.09. The maximum absolute atomic E-state index is 5.42. The van der Waals surface area contributed by atoms with E-state index in [4.69, 9.17) is 4.74 Å². The van der Waals surface area contributed by atoms with Gasteiger partial charge in [-0.3, -0.25) is 0 Å². The SMILES string of the molecule is COC1CCC(Nc2ccccc2C(C)C)CC1. The van der Waals surface area contributed by atoms with Crippen molar-refractivity contribution in [1.29, 1.82) is 0 Å². The Hall–Kier alpha value is -1.02. The van der Waals surface area contributed by atoms with Crippen LogP contribution in [-0.2, 0) is 4.74 Å². The molecule has 100 valence electrons. The van der Waals surface area contributed by atoms with Gasteiger partial charge in [0.1, 0.15) is 0 Å². The van der Waals surface area contributed by atoms with Crippen molar-refractivity contribution < 1.29 is 4.74 Å². The molecule has 0 atom stereocenters. The van der Waals surface area contributed by atoms with Crippen molar-refractivity contribution in [3.05, 3.63) is 29.8 Å². The van der Waals surface area contributed by atoms with Crippen LogP contribution < -0.4 is 5.32 Å². The quantitative estimate of drug-likeness (QED) is 0.861. The Labute approximate surface area is 111 Å². The van der Waals surface area contributed by atoms with Crippen LogP contribution in [0.5, 0.6) is 0 Å². The maximum atomic E-state index is 5.42. The number of hydrogen-bond donors (Lipinski definition) is 1. The molecule has 1 aliphatic carbocycles. The highest BCUT2D eigenvalue weighted by molar-refractivity contribution is 5.53. The molecule has 0 aromatic heterocycles. The van der Waals surface area contributed by atoms with E-state index in [2.05, 4.69) is 43.4 Å². The average Bonchev–Trinajstić information content (AvgIpc) is 2.40. The summed E-state index contributed by atoms with van der Waals surface area (Å²) in [6.07, 6.45) is 5.26. The highest BCUT2D eigenvalue weighted by Crippen LogP contribution is 2.28. The molecule has 0 heterocycles. The van der Waals surface area contributed by atoms with Crippen molar-refractivity contribution in [3.63, 3.8) is 0 Å². The van der Waals surface area contributed by atoms with Crippen LogP contribution in [0.15, 0.2) is 24.3 Å². The molecule has 18 heavy (non-hydrogen) atoms. The van der Waals surface area contributed by atoms with Gasteiger partial charge in [0.2, 0.25) is 0 Å². The van der Waals surface area contributed by atoms with Crippen LogP contribution in [0, 0.1) is 0 Å². The third-order valence-electron chi connectivity index (χ3n) is 3.95. The van der Waals surface area contributed by atoms with Gasteiger partial charge in [0.15, 0.2) is 0 Å². The lowest BCUT2D eigenvalue weighted by Crippen LogP contribution is -2.29. The lowest BCUT2D eigenvalue weighted by molar-refractivity contribution is 0.0682. The van der Waals surface area contributed by atoms with E-state index in [1.807, 2.05) is 7.11 Å². The molecular weight excluding hydrogens is 222 g/mol. The molecule has 2 heteroatoms. The zero-order chi connectivity index (χ0) is 13.0. The number of rotatable bonds is 4. The maximum Gasteiger partial charge on any atom is 0.0572 e. The van der Waals surface area contributed by atoms with Crippen molar-refractivity contribution in [1.82, 2.24) is 0 Å². The van der Waals surface area contributed by atoms with E-state index in [0.29, 0.717) is 18.1 Å². The summed E-state index contributed by atoms with van der Waals surface area (Å²) >= 11 is 0. The third kappa shape index (κ3) is 3.26. The number of benzene rings is 1. The monoisotopic (exact) mass is 247 g/mol. The summed E-state index contributed by atoms with van der Waals surface area (Å²) < 4.78 is 5.42. The van der Waals surface area contributed by atoms with Gasteiger partial charge in [0.25, 0.3) is 0 Å². The van der Waals surface area contributed by atoms with E-state index in [1.165, 1.54) is 36.9 Å². The molecule has 1 fully saturated rings. The molecule has 0 aliphatic heterocycles. The third-order valence-corrected chi connectivity index (χ3v) is 3.95. The summed E-state index contributed by atoms with van der Waals surface area (Å²) in [4.78, 5) is 0. The topological polar surface area (TPSA) is 21.3 Å². The lowest BCUT2D eigenvalue weighted by atomic mass is 9.92. The second-order valence-electron chi connectivity index (χ2n) is 5.60. The van der Waals surface area contributed by atoms with Gasteiger partial charge in [-0.2, -0.15) is 0 Å². The molecule has 1 aromatic rings. The lowest BCUT2D eigenvalue weighted by Gasteiger charge is -2.30. The number of nitrogens with one attached hydrogen (secondary N) is 1. The van der Waals surface area contributed by atoms with Crippen molar-refractivity contribution >= 4 is 5.69 Å². The minimum Gasteiger partial charge on any atom is -0.382 e. The molecule has 0 amide bonds. The summed E-state index contributed by atoms with van der Waals surface area (Å²) in [6.45, 7) is 4.50. The van der Waals surface area contributed by atoms with Crippen LogP contribution in [0.25, 0.3) is 0 Å². The largest absolute Gasteiger partial charge is 0.382 e. The Morgan fingerprint density at radius 3 is 2.39 bits per heavy atom. The summed E-state index contributed by atoms with van der Waals surface area (Å²) in [5.74, 6) is 0.573. The zero-order valence-electron chi connectivity index (χ0n) is 11.8. The van der Waals surface area contributed by atoms with E-state index in [1.54, 1.807) is 0 Å².